The Labute approximate surface area is 106 Å². The number of morpholine rings is 1. The molecule has 6 nitrogen and oxygen atoms in total. The molecule has 0 aromatic carbocycles. The highest BCUT2D eigenvalue weighted by molar-refractivity contribution is 5.81. The number of amides is 1. The van der Waals surface area contributed by atoms with Crippen LogP contribution in [0.5, 0.6) is 0 Å². The van der Waals surface area contributed by atoms with Crippen LogP contribution in [-0.2, 0) is 23.8 Å². The van der Waals surface area contributed by atoms with E-state index >= 15 is 0 Å². The Hall–Kier alpha value is -1.14. The van der Waals surface area contributed by atoms with Crippen LogP contribution in [0.2, 0.25) is 0 Å². The summed E-state index contributed by atoms with van der Waals surface area (Å²) in [6.45, 7) is 2.12. The Kier molecular flexibility index (Phi) is 4.54. The maximum Gasteiger partial charge on any atom is 0.308 e. The molecule has 2 unspecified atom stereocenters. The third-order valence-corrected chi connectivity index (χ3v) is 3.28. The second-order valence-electron chi connectivity index (χ2n) is 4.56. The number of ether oxygens (including phenoxy) is 3. The molecule has 2 fully saturated rings. The van der Waals surface area contributed by atoms with Gasteiger partial charge in [0, 0.05) is 19.7 Å². The van der Waals surface area contributed by atoms with Crippen molar-refractivity contribution in [1.82, 2.24) is 4.90 Å². The minimum atomic E-state index is -0.314. The average molecular weight is 257 g/mol. The van der Waals surface area contributed by atoms with Gasteiger partial charge < -0.3 is 19.1 Å². The van der Waals surface area contributed by atoms with Crippen LogP contribution in [0.3, 0.4) is 0 Å². The molecular formula is C12H19NO5. The summed E-state index contributed by atoms with van der Waals surface area (Å²) in [4.78, 5) is 25.0. The molecule has 0 spiro atoms. The van der Waals surface area contributed by atoms with Gasteiger partial charge in [0.05, 0.1) is 26.2 Å². The Morgan fingerprint density at radius 2 is 2.17 bits per heavy atom. The molecule has 0 N–H and O–H groups in total. The van der Waals surface area contributed by atoms with Crippen molar-refractivity contribution in [2.45, 2.75) is 31.5 Å². The maximum atomic E-state index is 12.1. The van der Waals surface area contributed by atoms with Crippen LogP contribution in [0.15, 0.2) is 0 Å². The summed E-state index contributed by atoms with van der Waals surface area (Å²) >= 11 is 0. The zero-order valence-electron chi connectivity index (χ0n) is 10.6. The molecule has 18 heavy (non-hydrogen) atoms. The number of esters is 1. The molecule has 0 aromatic rings. The van der Waals surface area contributed by atoms with E-state index in [4.69, 9.17) is 9.47 Å². The van der Waals surface area contributed by atoms with Crippen molar-refractivity contribution in [3.05, 3.63) is 0 Å². The van der Waals surface area contributed by atoms with Crippen LogP contribution in [0.25, 0.3) is 0 Å². The van der Waals surface area contributed by atoms with Gasteiger partial charge in [0.1, 0.15) is 6.10 Å². The number of nitrogens with zero attached hydrogens (tertiary/aromatic N) is 1. The molecule has 2 aliphatic heterocycles. The molecule has 1 amide bonds. The van der Waals surface area contributed by atoms with Crippen molar-refractivity contribution in [2.24, 2.45) is 0 Å². The predicted molar refractivity (Wildman–Crippen MR) is 61.9 cm³/mol. The van der Waals surface area contributed by atoms with Crippen LogP contribution < -0.4 is 0 Å². The Morgan fingerprint density at radius 1 is 1.33 bits per heavy atom. The van der Waals surface area contributed by atoms with E-state index in [1.54, 1.807) is 4.90 Å². The van der Waals surface area contributed by atoms with Crippen molar-refractivity contribution in [1.29, 1.82) is 0 Å². The summed E-state index contributed by atoms with van der Waals surface area (Å²) in [5.74, 6) is -0.294. The minimum Gasteiger partial charge on any atom is -0.469 e. The minimum absolute atomic E-state index is 0.0191. The highest BCUT2D eigenvalue weighted by Gasteiger charge is 2.32. The van der Waals surface area contributed by atoms with Crippen LogP contribution in [-0.4, -0.2) is 62.4 Å². The summed E-state index contributed by atoms with van der Waals surface area (Å²) in [7, 11) is 1.35. The van der Waals surface area contributed by atoms with Gasteiger partial charge in [-0.1, -0.05) is 0 Å². The van der Waals surface area contributed by atoms with E-state index in [9.17, 15) is 9.59 Å². The fourth-order valence-electron chi connectivity index (χ4n) is 2.29. The molecule has 6 heteroatoms. The van der Waals surface area contributed by atoms with E-state index in [-0.39, 0.29) is 30.5 Å². The highest BCUT2D eigenvalue weighted by atomic mass is 16.5. The highest BCUT2D eigenvalue weighted by Crippen LogP contribution is 2.17. The standard InChI is InChI=1S/C12H19NO5/c1-16-11(14)7-9-8-13(4-6-17-9)12(15)10-3-2-5-18-10/h9-10H,2-8H2,1H3. The first-order valence-corrected chi connectivity index (χ1v) is 6.29. The number of carbonyl (C=O) groups is 2. The second kappa shape index (κ2) is 6.15. The van der Waals surface area contributed by atoms with Gasteiger partial charge in [0.15, 0.2) is 0 Å². The topological polar surface area (TPSA) is 65.1 Å². The van der Waals surface area contributed by atoms with Crippen molar-refractivity contribution in [3.8, 4) is 0 Å². The van der Waals surface area contributed by atoms with Crippen LogP contribution >= 0.6 is 0 Å². The number of hydrogen-bond donors (Lipinski definition) is 0. The van der Waals surface area contributed by atoms with Gasteiger partial charge in [-0.3, -0.25) is 9.59 Å². The van der Waals surface area contributed by atoms with Crippen LogP contribution in [0.4, 0.5) is 0 Å². The van der Waals surface area contributed by atoms with Gasteiger partial charge in [-0.25, -0.2) is 0 Å². The molecule has 2 atom stereocenters. The SMILES string of the molecule is COC(=O)CC1CN(C(=O)C2CCCO2)CCO1. The van der Waals surface area contributed by atoms with E-state index in [0.717, 1.165) is 12.8 Å². The number of hydrogen-bond acceptors (Lipinski definition) is 5. The molecule has 102 valence electrons. The van der Waals surface area contributed by atoms with Crippen LogP contribution in [0.1, 0.15) is 19.3 Å². The number of carbonyl (C=O) groups excluding carboxylic acids is 2. The fraction of sp³-hybridized carbons (Fsp3) is 0.833. The molecule has 2 saturated heterocycles. The van der Waals surface area contributed by atoms with Gasteiger partial charge in [-0.15, -0.1) is 0 Å². The maximum absolute atomic E-state index is 12.1. The van der Waals surface area contributed by atoms with E-state index < -0.39 is 0 Å². The summed E-state index contributed by atoms with van der Waals surface area (Å²) in [6.07, 6.45) is 1.34. The molecule has 2 aliphatic rings. The molecule has 0 aliphatic carbocycles. The summed E-state index contributed by atoms with van der Waals surface area (Å²) in [5, 5.41) is 0. The van der Waals surface area contributed by atoms with Crippen molar-refractivity contribution in [3.63, 3.8) is 0 Å². The third kappa shape index (κ3) is 3.20. The van der Waals surface area contributed by atoms with Crippen molar-refractivity contribution >= 4 is 11.9 Å². The zero-order valence-corrected chi connectivity index (χ0v) is 10.6. The van der Waals surface area contributed by atoms with Crippen molar-refractivity contribution in [2.75, 3.05) is 33.4 Å². The smallest absolute Gasteiger partial charge is 0.308 e. The van der Waals surface area contributed by atoms with Crippen LogP contribution in [0, 0.1) is 0 Å². The molecular weight excluding hydrogens is 238 g/mol. The summed E-state index contributed by atoms with van der Waals surface area (Å²) in [6, 6.07) is 0. The lowest BCUT2D eigenvalue weighted by Crippen LogP contribution is -2.49. The van der Waals surface area contributed by atoms with E-state index in [1.807, 2.05) is 0 Å². The molecule has 2 rings (SSSR count). The fourth-order valence-corrected chi connectivity index (χ4v) is 2.29. The molecule has 0 radical (unpaired) electrons. The lowest BCUT2D eigenvalue weighted by atomic mass is 10.1. The zero-order chi connectivity index (χ0) is 13.0. The summed E-state index contributed by atoms with van der Waals surface area (Å²) < 4.78 is 15.4. The van der Waals surface area contributed by atoms with Gasteiger partial charge in [-0.2, -0.15) is 0 Å². The first-order chi connectivity index (χ1) is 8.70. The third-order valence-electron chi connectivity index (χ3n) is 3.28. The Balaban J connectivity index is 1.85. The molecule has 0 saturated carbocycles. The quantitative estimate of drug-likeness (QED) is 0.664. The first-order valence-electron chi connectivity index (χ1n) is 6.29. The molecule has 2 heterocycles. The summed E-state index contributed by atoms with van der Waals surface area (Å²) in [5.41, 5.74) is 0. The number of rotatable bonds is 3. The van der Waals surface area contributed by atoms with E-state index in [0.29, 0.717) is 26.3 Å². The number of methoxy groups -OCH3 is 1. The second-order valence-corrected chi connectivity index (χ2v) is 4.56. The van der Waals surface area contributed by atoms with Gasteiger partial charge in [0.2, 0.25) is 0 Å². The lowest BCUT2D eigenvalue weighted by Gasteiger charge is -2.33. The van der Waals surface area contributed by atoms with E-state index in [2.05, 4.69) is 4.74 Å². The Morgan fingerprint density at radius 3 is 2.83 bits per heavy atom. The average Bonchev–Trinajstić information content (AvgIpc) is 2.92. The molecule has 0 aromatic heterocycles. The Bertz CT molecular complexity index is 314. The predicted octanol–water partition coefficient (Wildman–Crippen LogP) is -0.0441. The normalized spacial score (nSPS) is 28.2. The monoisotopic (exact) mass is 257 g/mol. The lowest BCUT2D eigenvalue weighted by molar-refractivity contribution is -0.154. The van der Waals surface area contributed by atoms with E-state index in [1.165, 1.54) is 7.11 Å². The molecule has 0 bridgehead atoms. The van der Waals surface area contributed by atoms with Gasteiger partial charge >= 0.3 is 5.97 Å². The van der Waals surface area contributed by atoms with Gasteiger partial charge in [-0.05, 0) is 12.8 Å². The first kappa shape index (κ1) is 13.3. The largest absolute Gasteiger partial charge is 0.469 e. The van der Waals surface area contributed by atoms with Crippen molar-refractivity contribution < 1.29 is 23.8 Å². The van der Waals surface area contributed by atoms with Gasteiger partial charge in [0.25, 0.3) is 5.91 Å².